The zero-order chi connectivity index (χ0) is 16.3. The second-order valence-electron chi connectivity index (χ2n) is 5.36. The van der Waals surface area contributed by atoms with Crippen LogP contribution in [0.3, 0.4) is 0 Å². The number of carbonyl (C=O) groups is 3. The Kier molecular flexibility index (Phi) is 3.69. The van der Waals surface area contributed by atoms with Crippen molar-refractivity contribution in [2.24, 2.45) is 5.41 Å². The van der Waals surface area contributed by atoms with Crippen LogP contribution in [0.4, 0.5) is 5.69 Å². The van der Waals surface area contributed by atoms with Crippen LogP contribution in [0.25, 0.3) is 0 Å². The molecule has 2 unspecified atom stereocenters. The van der Waals surface area contributed by atoms with E-state index in [1.165, 1.54) is 19.2 Å². The molecule has 3 rings (SSSR count). The number of esters is 1. The summed E-state index contributed by atoms with van der Waals surface area (Å²) in [6.07, 6.45) is 0.291. The molecule has 1 saturated heterocycles. The van der Waals surface area contributed by atoms with E-state index in [0.29, 0.717) is 17.1 Å². The van der Waals surface area contributed by atoms with Crippen LogP contribution in [0.15, 0.2) is 18.2 Å². The largest absolute Gasteiger partial charge is 0.468 e. The zero-order valence-electron chi connectivity index (χ0n) is 11.4. The number of ether oxygens (including phenoxy) is 1. The average molecular weight is 454 g/mol. The first kappa shape index (κ1) is 16.0. The molecule has 1 aliphatic carbocycles. The molecular weight excluding hydrogens is 444 g/mol. The number of carbonyl (C=O) groups excluding carboxylic acids is 3. The summed E-state index contributed by atoms with van der Waals surface area (Å²) in [4.78, 5) is 38.0. The Labute approximate surface area is 150 Å². The lowest BCUT2D eigenvalue weighted by Gasteiger charge is -2.17. The number of hydrogen-bond acceptors (Lipinski definition) is 4. The van der Waals surface area contributed by atoms with Gasteiger partial charge in [-0.2, -0.15) is 0 Å². The molecule has 0 radical (unpaired) electrons. The minimum atomic E-state index is -1.01. The van der Waals surface area contributed by atoms with Gasteiger partial charge in [0.1, 0.15) is 3.42 Å². The topological polar surface area (TPSA) is 63.7 Å². The third kappa shape index (κ3) is 2.00. The zero-order valence-corrected chi connectivity index (χ0v) is 15.0. The monoisotopic (exact) mass is 453 g/mol. The summed E-state index contributed by atoms with van der Waals surface area (Å²) >= 11 is 13.7. The van der Waals surface area contributed by atoms with Gasteiger partial charge in [0.25, 0.3) is 0 Å². The minimum Gasteiger partial charge on any atom is -0.468 e. The van der Waals surface area contributed by atoms with Crippen molar-refractivity contribution in [2.75, 3.05) is 12.0 Å². The molecular formula is C14H10Cl2INO4. The molecule has 1 aromatic carbocycles. The van der Waals surface area contributed by atoms with Crippen molar-refractivity contribution in [3.8, 4) is 0 Å². The summed E-state index contributed by atoms with van der Waals surface area (Å²) < 4.78 is 3.78. The maximum atomic E-state index is 12.7. The molecule has 22 heavy (non-hydrogen) atoms. The molecule has 2 amide bonds. The third-order valence-electron chi connectivity index (χ3n) is 4.16. The van der Waals surface area contributed by atoms with Crippen molar-refractivity contribution >= 4 is 69.3 Å². The van der Waals surface area contributed by atoms with E-state index in [-0.39, 0.29) is 17.4 Å². The first-order valence-corrected chi connectivity index (χ1v) is 8.20. The molecule has 2 fully saturated rings. The fraction of sp³-hybridized carbons (Fsp3) is 0.357. The highest BCUT2D eigenvalue weighted by Gasteiger charge is 2.80. The Morgan fingerprint density at radius 3 is 2.59 bits per heavy atom. The summed E-state index contributed by atoms with van der Waals surface area (Å²) in [5.74, 6) is -1.23. The molecule has 1 heterocycles. The second kappa shape index (κ2) is 5.07. The number of methoxy groups -OCH3 is 1. The summed E-state index contributed by atoms with van der Waals surface area (Å²) in [7, 11) is 1.27. The van der Waals surface area contributed by atoms with Gasteiger partial charge in [0.05, 0.1) is 28.3 Å². The smallest absolute Gasteiger partial charge is 0.322 e. The fourth-order valence-electron chi connectivity index (χ4n) is 2.87. The van der Waals surface area contributed by atoms with Crippen LogP contribution < -0.4 is 4.90 Å². The molecule has 2 atom stereocenters. The fourth-order valence-corrected chi connectivity index (χ4v) is 4.46. The van der Waals surface area contributed by atoms with E-state index in [1.807, 2.05) is 22.6 Å². The van der Waals surface area contributed by atoms with E-state index in [1.54, 1.807) is 6.07 Å². The van der Waals surface area contributed by atoms with Gasteiger partial charge in [-0.25, -0.2) is 4.90 Å². The molecule has 1 saturated carbocycles. The molecule has 5 nitrogen and oxygen atoms in total. The molecule has 2 aliphatic rings. The summed E-state index contributed by atoms with van der Waals surface area (Å²) in [5.41, 5.74) is -0.652. The number of halogens is 3. The number of benzene rings is 1. The van der Waals surface area contributed by atoms with Gasteiger partial charge >= 0.3 is 5.97 Å². The van der Waals surface area contributed by atoms with Crippen LogP contribution in [-0.4, -0.2) is 28.3 Å². The Morgan fingerprint density at radius 1 is 1.32 bits per heavy atom. The molecule has 1 spiro atoms. The Morgan fingerprint density at radius 2 is 2.00 bits per heavy atom. The van der Waals surface area contributed by atoms with Crippen molar-refractivity contribution in [2.45, 2.75) is 16.3 Å². The quantitative estimate of drug-likeness (QED) is 0.299. The Bertz CT molecular complexity index is 725. The third-order valence-corrected chi connectivity index (χ3v) is 6.76. The number of anilines is 1. The summed E-state index contributed by atoms with van der Waals surface area (Å²) in [5, 5.41) is 0.591. The van der Waals surface area contributed by atoms with E-state index in [9.17, 15) is 14.4 Å². The maximum absolute atomic E-state index is 12.7. The average Bonchev–Trinajstić information content (AvgIpc) is 3.00. The van der Waals surface area contributed by atoms with Gasteiger partial charge in [-0.15, -0.1) is 0 Å². The molecule has 1 aliphatic heterocycles. The van der Waals surface area contributed by atoms with E-state index >= 15 is 0 Å². The van der Waals surface area contributed by atoms with Crippen LogP contribution in [0.2, 0.25) is 10.0 Å². The number of hydrogen-bond donors (Lipinski definition) is 0. The van der Waals surface area contributed by atoms with Crippen molar-refractivity contribution in [1.29, 1.82) is 0 Å². The summed E-state index contributed by atoms with van der Waals surface area (Å²) in [6, 6.07) is 4.54. The van der Waals surface area contributed by atoms with Gasteiger partial charge in [-0.3, -0.25) is 14.4 Å². The van der Waals surface area contributed by atoms with Gasteiger partial charge < -0.3 is 4.74 Å². The maximum Gasteiger partial charge on any atom is 0.322 e. The molecule has 8 heteroatoms. The predicted octanol–water partition coefficient (Wildman–Crippen LogP) is 2.99. The van der Waals surface area contributed by atoms with Gasteiger partial charge in [-0.1, -0.05) is 45.8 Å². The number of amides is 2. The minimum absolute atomic E-state index is 0.00980. The number of alkyl halides is 1. The Balaban J connectivity index is 1.97. The highest BCUT2D eigenvalue weighted by molar-refractivity contribution is 14.1. The van der Waals surface area contributed by atoms with Crippen LogP contribution in [0.1, 0.15) is 12.8 Å². The SMILES string of the molecule is COC(=O)C1(I)CC12CC(=O)N(c1ccc(Cl)c(Cl)c1)C2=O. The first-order valence-electron chi connectivity index (χ1n) is 6.36. The molecule has 0 N–H and O–H groups in total. The molecule has 0 bridgehead atoms. The Hall–Kier alpha value is -0.860. The van der Waals surface area contributed by atoms with Gasteiger partial charge in [0.15, 0.2) is 0 Å². The first-order chi connectivity index (χ1) is 10.3. The highest BCUT2D eigenvalue weighted by Crippen LogP contribution is 2.68. The normalized spacial score (nSPS) is 30.1. The number of rotatable bonds is 2. The predicted molar refractivity (Wildman–Crippen MR) is 89.4 cm³/mol. The van der Waals surface area contributed by atoms with Crippen LogP contribution in [0, 0.1) is 5.41 Å². The van der Waals surface area contributed by atoms with Gasteiger partial charge in [0, 0.05) is 6.42 Å². The molecule has 1 aromatic rings. The summed E-state index contributed by atoms with van der Waals surface area (Å²) in [6.45, 7) is 0. The molecule has 0 aromatic heterocycles. The standard InChI is InChI=1S/C14H10Cl2INO4/c1-22-12(21)14(17)6-13(14)5-10(19)18(11(13)20)7-2-3-8(15)9(16)4-7/h2-4H,5-6H2,1H3. The lowest BCUT2D eigenvalue weighted by atomic mass is 10.0. The van der Waals surface area contributed by atoms with Crippen LogP contribution in [-0.2, 0) is 19.1 Å². The van der Waals surface area contributed by atoms with Gasteiger partial charge in [0.2, 0.25) is 11.8 Å². The lowest BCUT2D eigenvalue weighted by molar-refractivity contribution is -0.142. The van der Waals surface area contributed by atoms with Crippen molar-refractivity contribution in [3.05, 3.63) is 28.2 Å². The second-order valence-corrected chi connectivity index (χ2v) is 8.02. The lowest BCUT2D eigenvalue weighted by Crippen LogP contribution is -2.35. The van der Waals surface area contributed by atoms with Crippen LogP contribution >= 0.6 is 45.8 Å². The van der Waals surface area contributed by atoms with E-state index in [0.717, 1.165) is 4.90 Å². The molecule has 116 valence electrons. The van der Waals surface area contributed by atoms with E-state index in [4.69, 9.17) is 27.9 Å². The van der Waals surface area contributed by atoms with Gasteiger partial charge in [-0.05, 0) is 24.6 Å². The van der Waals surface area contributed by atoms with E-state index < -0.39 is 20.7 Å². The van der Waals surface area contributed by atoms with Crippen molar-refractivity contribution in [3.63, 3.8) is 0 Å². The van der Waals surface area contributed by atoms with Crippen molar-refractivity contribution < 1.29 is 19.1 Å². The van der Waals surface area contributed by atoms with Crippen molar-refractivity contribution in [1.82, 2.24) is 0 Å². The number of nitrogens with zero attached hydrogens (tertiary/aromatic N) is 1. The van der Waals surface area contributed by atoms with Crippen LogP contribution in [0.5, 0.6) is 0 Å². The van der Waals surface area contributed by atoms with E-state index in [2.05, 4.69) is 0 Å². The number of imide groups is 1. The highest BCUT2D eigenvalue weighted by atomic mass is 127.